The van der Waals surface area contributed by atoms with Crippen LogP contribution < -0.4 is 5.32 Å². The molecule has 2 aromatic rings. The van der Waals surface area contributed by atoms with E-state index in [4.69, 9.17) is 0 Å². The van der Waals surface area contributed by atoms with Gasteiger partial charge in [-0.05, 0) is 30.5 Å². The Balaban J connectivity index is 2.32. The van der Waals surface area contributed by atoms with Gasteiger partial charge in [-0.25, -0.2) is 0 Å². The van der Waals surface area contributed by atoms with Crippen LogP contribution in [0.25, 0.3) is 0 Å². The summed E-state index contributed by atoms with van der Waals surface area (Å²) in [7, 11) is 0. The molecule has 1 N–H and O–H groups in total. The van der Waals surface area contributed by atoms with Gasteiger partial charge in [0.2, 0.25) is 0 Å². The highest BCUT2D eigenvalue weighted by molar-refractivity contribution is 7.11. The van der Waals surface area contributed by atoms with Crippen LogP contribution in [0.4, 0.5) is 0 Å². The van der Waals surface area contributed by atoms with Crippen molar-refractivity contribution in [1.82, 2.24) is 10.3 Å². The van der Waals surface area contributed by atoms with E-state index in [0.717, 1.165) is 6.54 Å². The summed E-state index contributed by atoms with van der Waals surface area (Å²) >= 11 is 3.52. The summed E-state index contributed by atoms with van der Waals surface area (Å²) in [5.41, 5.74) is 3.25. The Kier molecular flexibility index (Phi) is 3.51. The molecule has 4 heteroatoms. The van der Waals surface area contributed by atoms with Crippen molar-refractivity contribution in [1.29, 1.82) is 0 Å². The second-order valence-corrected chi connectivity index (χ2v) is 5.23. The molecule has 0 aliphatic rings. The first-order chi connectivity index (χ1) is 7.33. The Bertz CT molecular complexity index is 406. The van der Waals surface area contributed by atoms with Crippen molar-refractivity contribution in [2.75, 3.05) is 6.54 Å². The van der Waals surface area contributed by atoms with Crippen LogP contribution in [0.3, 0.4) is 0 Å². The fourth-order valence-electron chi connectivity index (χ4n) is 1.57. The molecule has 2 rings (SSSR count). The summed E-state index contributed by atoms with van der Waals surface area (Å²) in [5, 5.41) is 5.66. The maximum atomic E-state index is 4.15. The first kappa shape index (κ1) is 10.8. The number of rotatable bonds is 4. The molecule has 0 aliphatic carbocycles. The van der Waals surface area contributed by atoms with E-state index in [0.29, 0.717) is 6.04 Å². The summed E-state index contributed by atoms with van der Waals surface area (Å²) in [6, 6.07) is 2.49. The third kappa shape index (κ3) is 2.27. The lowest BCUT2D eigenvalue weighted by molar-refractivity contribution is 0.645. The maximum absolute atomic E-state index is 4.15. The number of hydrogen-bond donors (Lipinski definition) is 1. The van der Waals surface area contributed by atoms with Crippen LogP contribution in [0.2, 0.25) is 0 Å². The number of aromatic nitrogens is 1. The minimum Gasteiger partial charge on any atom is -0.305 e. The molecular weight excluding hydrogens is 224 g/mol. The highest BCUT2D eigenvalue weighted by Crippen LogP contribution is 2.30. The number of nitrogens with one attached hydrogen (secondary N) is 1. The molecule has 0 bridgehead atoms. The molecule has 0 aromatic carbocycles. The second-order valence-electron chi connectivity index (χ2n) is 3.36. The minimum absolute atomic E-state index is 0.322. The van der Waals surface area contributed by atoms with Crippen molar-refractivity contribution in [2.45, 2.75) is 19.9 Å². The third-order valence-electron chi connectivity index (χ3n) is 2.31. The van der Waals surface area contributed by atoms with E-state index in [1.165, 1.54) is 15.3 Å². The predicted molar refractivity (Wildman–Crippen MR) is 66.7 cm³/mol. The van der Waals surface area contributed by atoms with Crippen molar-refractivity contribution < 1.29 is 0 Å². The van der Waals surface area contributed by atoms with E-state index < -0.39 is 0 Å². The van der Waals surface area contributed by atoms with Crippen LogP contribution >= 0.6 is 22.7 Å². The first-order valence-electron chi connectivity index (χ1n) is 4.98. The Hall–Kier alpha value is -0.710. The van der Waals surface area contributed by atoms with E-state index in [-0.39, 0.29) is 0 Å². The van der Waals surface area contributed by atoms with Crippen LogP contribution in [-0.2, 0) is 0 Å². The summed E-state index contributed by atoms with van der Waals surface area (Å²) in [6.45, 7) is 5.27. The molecule has 0 spiro atoms. The van der Waals surface area contributed by atoms with Crippen molar-refractivity contribution in [2.24, 2.45) is 0 Å². The number of thiophene rings is 1. The molecular formula is C11H14N2S2. The monoisotopic (exact) mass is 238 g/mol. The molecule has 0 saturated carbocycles. The highest BCUT2D eigenvalue weighted by Gasteiger charge is 2.17. The maximum Gasteiger partial charge on any atom is 0.0795 e. The number of thiazole rings is 1. The lowest BCUT2D eigenvalue weighted by Crippen LogP contribution is -2.20. The smallest absolute Gasteiger partial charge is 0.0795 e. The van der Waals surface area contributed by atoms with Gasteiger partial charge in [0, 0.05) is 16.0 Å². The molecule has 1 atom stereocenters. The predicted octanol–water partition coefficient (Wildman–Crippen LogP) is 3.21. The van der Waals surface area contributed by atoms with Gasteiger partial charge in [0.25, 0.3) is 0 Å². The SMILES string of the molecule is CCNC(c1cncs1)c1sccc1C. The van der Waals surface area contributed by atoms with Gasteiger partial charge in [-0.2, -0.15) is 0 Å². The zero-order valence-electron chi connectivity index (χ0n) is 8.86. The van der Waals surface area contributed by atoms with E-state index in [1.807, 2.05) is 23.0 Å². The van der Waals surface area contributed by atoms with Crippen LogP contribution in [0, 0.1) is 6.92 Å². The van der Waals surface area contributed by atoms with Gasteiger partial charge in [-0.3, -0.25) is 4.98 Å². The van der Waals surface area contributed by atoms with Crippen LogP contribution in [-0.4, -0.2) is 11.5 Å². The number of hydrogen-bond acceptors (Lipinski definition) is 4. The molecule has 0 amide bonds. The Morgan fingerprint density at radius 2 is 2.33 bits per heavy atom. The zero-order chi connectivity index (χ0) is 10.7. The topological polar surface area (TPSA) is 24.9 Å². The van der Waals surface area contributed by atoms with Crippen molar-refractivity contribution in [3.63, 3.8) is 0 Å². The van der Waals surface area contributed by atoms with Gasteiger partial charge in [0.1, 0.15) is 0 Å². The Morgan fingerprint density at radius 1 is 1.47 bits per heavy atom. The molecule has 0 saturated heterocycles. The molecule has 2 aromatic heterocycles. The van der Waals surface area contributed by atoms with Crippen molar-refractivity contribution in [3.05, 3.63) is 38.5 Å². The fourth-order valence-corrected chi connectivity index (χ4v) is 3.37. The zero-order valence-corrected chi connectivity index (χ0v) is 10.5. The molecule has 0 aliphatic heterocycles. The van der Waals surface area contributed by atoms with E-state index >= 15 is 0 Å². The van der Waals surface area contributed by atoms with Gasteiger partial charge < -0.3 is 5.32 Å². The average Bonchev–Trinajstić information content (AvgIpc) is 2.85. The molecule has 0 fully saturated rings. The molecule has 1 unspecified atom stereocenters. The van der Waals surface area contributed by atoms with Gasteiger partial charge in [0.15, 0.2) is 0 Å². The summed E-state index contributed by atoms with van der Waals surface area (Å²) in [4.78, 5) is 6.85. The molecule has 15 heavy (non-hydrogen) atoms. The van der Waals surface area contributed by atoms with Gasteiger partial charge in [0.05, 0.1) is 11.6 Å². The van der Waals surface area contributed by atoms with E-state index in [9.17, 15) is 0 Å². The summed E-state index contributed by atoms with van der Waals surface area (Å²) in [6.07, 6.45) is 1.96. The van der Waals surface area contributed by atoms with Crippen molar-refractivity contribution in [3.8, 4) is 0 Å². The van der Waals surface area contributed by atoms with E-state index in [2.05, 4.69) is 35.6 Å². The number of aryl methyl sites for hydroxylation is 1. The molecule has 80 valence electrons. The summed E-state index contributed by atoms with van der Waals surface area (Å²) in [5.74, 6) is 0. The Labute approximate surface area is 98.0 Å². The van der Waals surface area contributed by atoms with Gasteiger partial charge >= 0.3 is 0 Å². The lowest BCUT2D eigenvalue weighted by Gasteiger charge is -2.15. The van der Waals surface area contributed by atoms with Crippen LogP contribution in [0.1, 0.15) is 28.3 Å². The van der Waals surface area contributed by atoms with Crippen molar-refractivity contribution >= 4 is 22.7 Å². The average molecular weight is 238 g/mol. The van der Waals surface area contributed by atoms with Crippen LogP contribution in [0.15, 0.2) is 23.2 Å². The highest BCUT2D eigenvalue weighted by atomic mass is 32.1. The minimum atomic E-state index is 0.322. The summed E-state index contributed by atoms with van der Waals surface area (Å²) < 4.78 is 0. The first-order valence-corrected chi connectivity index (χ1v) is 6.74. The van der Waals surface area contributed by atoms with Crippen LogP contribution in [0.5, 0.6) is 0 Å². The normalized spacial score (nSPS) is 12.9. The second kappa shape index (κ2) is 4.88. The quantitative estimate of drug-likeness (QED) is 0.884. The molecule has 2 heterocycles. The standard InChI is InChI=1S/C11H14N2S2/c1-3-13-10(9-6-12-7-15-9)11-8(2)4-5-14-11/h4-7,10,13H,3H2,1-2H3. The van der Waals surface area contributed by atoms with E-state index in [1.54, 1.807) is 11.3 Å². The fraction of sp³-hybridized carbons (Fsp3) is 0.364. The van der Waals surface area contributed by atoms with Gasteiger partial charge in [-0.15, -0.1) is 22.7 Å². The number of nitrogens with zero attached hydrogens (tertiary/aromatic N) is 1. The third-order valence-corrected chi connectivity index (χ3v) is 4.23. The van der Waals surface area contributed by atoms with Gasteiger partial charge in [-0.1, -0.05) is 6.92 Å². The Morgan fingerprint density at radius 3 is 2.87 bits per heavy atom. The molecule has 2 nitrogen and oxygen atoms in total. The largest absolute Gasteiger partial charge is 0.305 e. The lowest BCUT2D eigenvalue weighted by atomic mass is 10.1. The molecule has 0 radical (unpaired) electrons.